The summed E-state index contributed by atoms with van der Waals surface area (Å²) in [7, 11) is 0. The molecular weight excluding hydrogens is 425 g/mol. The van der Waals surface area contributed by atoms with Crippen molar-refractivity contribution in [3.8, 4) is 21.8 Å². The number of amides is 1. The lowest BCUT2D eigenvalue weighted by Gasteiger charge is -2.07. The maximum absolute atomic E-state index is 12.3. The van der Waals surface area contributed by atoms with Gasteiger partial charge in [-0.25, -0.2) is 4.98 Å². The van der Waals surface area contributed by atoms with Gasteiger partial charge in [0, 0.05) is 34.6 Å². The lowest BCUT2D eigenvalue weighted by molar-refractivity contribution is -0.115. The van der Waals surface area contributed by atoms with E-state index >= 15 is 0 Å². The second kappa shape index (κ2) is 8.74. The molecule has 4 aromatic rings. The molecule has 4 nitrogen and oxygen atoms in total. The van der Waals surface area contributed by atoms with E-state index in [0.29, 0.717) is 15.7 Å². The molecule has 0 saturated carbocycles. The molecule has 0 unspecified atom stereocenters. The highest BCUT2D eigenvalue weighted by Gasteiger charge is 2.09. The third-order valence-corrected chi connectivity index (χ3v) is 5.88. The minimum Gasteiger partial charge on any atom is -0.326 e. The second-order valence-corrected chi connectivity index (χ2v) is 8.00. The fourth-order valence-electron chi connectivity index (χ4n) is 2.79. The number of carbonyl (C=O) groups excluding carboxylic acids is 1. The van der Waals surface area contributed by atoms with Crippen LogP contribution in [0.2, 0.25) is 10.0 Å². The van der Waals surface area contributed by atoms with E-state index in [1.54, 1.807) is 41.9 Å². The summed E-state index contributed by atoms with van der Waals surface area (Å²) in [6.45, 7) is 0. The molecular formula is C22H15Cl2N3OS. The van der Waals surface area contributed by atoms with Gasteiger partial charge >= 0.3 is 0 Å². The molecule has 0 atom stereocenters. The fraction of sp³-hybridized carbons (Fsp3) is 0.0455. The Morgan fingerprint density at radius 2 is 1.69 bits per heavy atom. The van der Waals surface area contributed by atoms with Crippen molar-refractivity contribution < 1.29 is 4.79 Å². The molecule has 2 heterocycles. The van der Waals surface area contributed by atoms with E-state index < -0.39 is 0 Å². The number of anilines is 1. The van der Waals surface area contributed by atoms with Gasteiger partial charge in [-0.15, -0.1) is 11.3 Å². The predicted octanol–water partition coefficient (Wildman–Crippen LogP) is 6.36. The molecule has 1 N–H and O–H groups in total. The van der Waals surface area contributed by atoms with Crippen molar-refractivity contribution in [1.82, 2.24) is 9.97 Å². The van der Waals surface area contributed by atoms with E-state index in [9.17, 15) is 4.79 Å². The number of hydrogen-bond acceptors (Lipinski definition) is 4. The Kier molecular flexibility index (Phi) is 5.90. The van der Waals surface area contributed by atoms with Crippen LogP contribution in [0.4, 0.5) is 5.69 Å². The van der Waals surface area contributed by atoms with Crippen molar-refractivity contribution in [3.63, 3.8) is 0 Å². The molecule has 0 aliphatic heterocycles. The highest BCUT2D eigenvalue weighted by molar-refractivity contribution is 7.13. The van der Waals surface area contributed by atoms with E-state index in [1.807, 2.05) is 41.8 Å². The molecule has 2 aromatic carbocycles. The van der Waals surface area contributed by atoms with E-state index in [2.05, 4.69) is 10.3 Å². The number of carbonyl (C=O) groups is 1. The number of hydrogen-bond donors (Lipinski definition) is 1. The number of rotatable bonds is 5. The van der Waals surface area contributed by atoms with Crippen LogP contribution in [0.3, 0.4) is 0 Å². The van der Waals surface area contributed by atoms with Crippen molar-refractivity contribution in [2.75, 3.05) is 5.32 Å². The number of pyridine rings is 1. The van der Waals surface area contributed by atoms with Crippen molar-refractivity contribution >= 4 is 46.1 Å². The Morgan fingerprint density at radius 3 is 2.41 bits per heavy atom. The molecule has 4 rings (SSSR count). The maximum Gasteiger partial charge on any atom is 0.228 e. The molecule has 0 bridgehead atoms. The number of nitrogens with one attached hydrogen (secondary N) is 1. The topological polar surface area (TPSA) is 54.9 Å². The molecule has 2 aromatic heterocycles. The lowest BCUT2D eigenvalue weighted by Crippen LogP contribution is -2.14. The minimum atomic E-state index is -0.121. The molecule has 0 radical (unpaired) electrons. The SMILES string of the molecule is O=C(Cc1ccc(-c2csc(-c3ccncc3)n2)cc1)Nc1ccc(Cl)c(Cl)c1. The average Bonchev–Trinajstić information content (AvgIpc) is 3.22. The molecule has 144 valence electrons. The Bertz CT molecular complexity index is 1140. The Balaban J connectivity index is 1.42. The summed E-state index contributed by atoms with van der Waals surface area (Å²) < 4.78 is 0. The first kappa shape index (κ1) is 19.6. The second-order valence-electron chi connectivity index (χ2n) is 6.32. The smallest absolute Gasteiger partial charge is 0.228 e. The third-order valence-electron chi connectivity index (χ3n) is 4.25. The van der Waals surface area contributed by atoms with Crippen LogP contribution in [0.15, 0.2) is 72.4 Å². The van der Waals surface area contributed by atoms with Crippen molar-refractivity contribution in [1.29, 1.82) is 0 Å². The van der Waals surface area contributed by atoms with Gasteiger partial charge in [-0.1, -0.05) is 47.5 Å². The molecule has 0 fully saturated rings. The van der Waals surface area contributed by atoms with Crippen LogP contribution >= 0.6 is 34.5 Å². The standard InChI is InChI=1S/C22H15Cl2N3OS/c23-18-6-5-17(12-19(18)24)26-21(28)11-14-1-3-15(4-2-14)20-13-29-22(27-20)16-7-9-25-10-8-16/h1-10,12-13H,11H2,(H,26,28). The summed E-state index contributed by atoms with van der Waals surface area (Å²) in [5, 5.41) is 6.67. The summed E-state index contributed by atoms with van der Waals surface area (Å²) in [6, 6.07) is 16.7. The Hall–Kier alpha value is -2.73. The van der Waals surface area contributed by atoms with Crippen LogP contribution in [-0.2, 0) is 11.2 Å². The van der Waals surface area contributed by atoms with E-state index in [1.165, 1.54) is 0 Å². The number of nitrogens with zero attached hydrogens (tertiary/aromatic N) is 2. The molecule has 1 amide bonds. The van der Waals surface area contributed by atoms with Gasteiger partial charge in [0.1, 0.15) is 5.01 Å². The Labute approximate surface area is 182 Å². The van der Waals surface area contributed by atoms with Crippen LogP contribution < -0.4 is 5.32 Å². The summed E-state index contributed by atoms with van der Waals surface area (Å²) in [5.41, 5.74) is 4.50. The summed E-state index contributed by atoms with van der Waals surface area (Å²) in [5.74, 6) is -0.121. The predicted molar refractivity (Wildman–Crippen MR) is 120 cm³/mol. The van der Waals surface area contributed by atoms with Gasteiger partial charge < -0.3 is 5.32 Å². The largest absolute Gasteiger partial charge is 0.326 e. The average molecular weight is 440 g/mol. The molecule has 29 heavy (non-hydrogen) atoms. The molecule has 0 saturated heterocycles. The zero-order valence-corrected chi connectivity index (χ0v) is 17.4. The van der Waals surface area contributed by atoms with Crippen LogP contribution in [0, 0.1) is 0 Å². The number of thiazole rings is 1. The first-order chi connectivity index (χ1) is 14.1. The van der Waals surface area contributed by atoms with Crippen molar-refractivity contribution in [2.24, 2.45) is 0 Å². The summed E-state index contributed by atoms with van der Waals surface area (Å²) >= 11 is 13.5. The van der Waals surface area contributed by atoms with Gasteiger partial charge in [-0.3, -0.25) is 9.78 Å². The number of benzene rings is 2. The van der Waals surface area contributed by atoms with Crippen molar-refractivity contribution in [3.05, 3.63) is 88.0 Å². The lowest BCUT2D eigenvalue weighted by atomic mass is 10.1. The molecule has 0 aliphatic carbocycles. The quantitative estimate of drug-likeness (QED) is 0.393. The van der Waals surface area contributed by atoms with E-state index in [0.717, 1.165) is 27.4 Å². The van der Waals surface area contributed by atoms with E-state index in [4.69, 9.17) is 28.2 Å². The zero-order valence-electron chi connectivity index (χ0n) is 15.1. The van der Waals surface area contributed by atoms with Gasteiger partial charge in [0.2, 0.25) is 5.91 Å². The third kappa shape index (κ3) is 4.82. The van der Waals surface area contributed by atoms with Crippen molar-refractivity contribution in [2.45, 2.75) is 6.42 Å². The van der Waals surface area contributed by atoms with Gasteiger partial charge in [-0.2, -0.15) is 0 Å². The number of aromatic nitrogens is 2. The van der Waals surface area contributed by atoms with Gasteiger partial charge in [0.15, 0.2) is 0 Å². The molecule has 7 heteroatoms. The molecule has 0 aliphatic rings. The minimum absolute atomic E-state index is 0.121. The summed E-state index contributed by atoms with van der Waals surface area (Å²) in [6.07, 6.45) is 3.78. The van der Waals surface area contributed by atoms with Crippen LogP contribution in [-0.4, -0.2) is 15.9 Å². The highest BCUT2D eigenvalue weighted by atomic mass is 35.5. The number of halogens is 2. The summed E-state index contributed by atoms with van der Waals surface area (Å²) in [4.78, 5) is 21.0. The van der Waals surface area contributed by atoms with E-state index in [-0.39, 0.29) is 12.3 Å². The fourth-order valence-corrected chi connectivity index (χ4v) is 3.92. The molecule has 0 spiro atoms. The van der Waals surface area contributed by atoms with Gasteiger partial charge in [-0.05, 0) is 35.9 Å². The highest BCUT2D eigenvalue weighted by Crippen LogP contribution is 2.29. The monoisotopic (exact) mass is 439 g/mol. The normalized spacial score (nSPS) is 10.7. The first-order valence-electron chi connectivity index (χ1n) is 8.78. The first-order valence-corrected chi connectivity index (χ1v) is 10.4. The Morgan fingerprint density at radius 1 is 0.931 bits per heavy atom. The van der Waals surface area contributed by atoms with Crippen LogP contribution in [0.25, 0.3) is 21.8 Å². The van der Waals surface area contributed by atoms with Crippen LogP contribution in [0.5, 0.6) is 0 Å². The van der Waals surface area contributed by atoms with Gasteiger partial charge in [0.05, 0.1) is 22.2 Å². The maximum atomic E-state index is 12.3. The van der Waals surface area contributed by atoms with Gasteiger partial charge in [0.25, 0.3) is 0 Å². The zero-order chi connectivity index (χ0) is 20.2. The van der Waals surface area contributed by atoms with Crippen LogP contribution in [0.1, 0.15) is 5.56 Å².